The molecule has 0 bridgehead atoms. The first-order chi connectivity index (χ1) is 8.93. The van der Waals surface area contributed by atoms with Crippen LogP contribution in [-0.2, 0) is 4.74 Å². The van der Waals surface area contributed by atoms with Crippen molar-refractivity contribution in [3.05, 3.63) is 0 Å². The lowest BCUT2D eigenvalue weighted by Crippen LogP contribution is -2.37. The lowest BCUT2D eigenvalue weighted by atomic mass is 9.71. The Morgan fingerprint density at radius 2 is 2.00 bits per heavy atom. The zero-order valence-electron chi connectivity index (χ0n) is 13.1. The molecule has 0 aromatic rings. The summed E-state index contributed by atoms with van der Waals surface area (Å²) in [6.07, 6.45) is 7.78. The molecule has 1 saturated carbocycles. The first-order valence-corrected chi connectivity index (χ1v) is 7.87. The first-order valence-electron chi connectivity index (χ1n) is 7.87. The summed E-state index contributed by atoms with van der Waals surface area (Å²) in [7, 11) is 0. The van der Waals surface area contributed by atoms with Crippen molar-refractivity contribution in [3.63, 3.8) is 0 Å². The molecule has 0 heterocycles. The zero-order chi connectivity index (χ0) is 14.3. The Labute approximate surface area is 118 Å². The van der Waals surface area contributed by atoms with Gasteiger partial charge in [-0.05, 0) is 37.0 Å². The number of alkyl carbamates (subject to hydrolysis) is 1. The third-order valence-corrected chi connectivity index (χ3v) is 3.92. The third-order valence-electron chi connectivity index (χ3n) is 3.92. The molecule has 0 aromatic carbocycles. The number of carbonyl (C=O) groups excluding carboxylic acids is 1. The van der Waals surface area contributed by atoms with E-state index < -0.39 is 0 Å². The largest absolute Gasteiger partial charge is 0.446 e. The standard InChI is InChI=1S/C16H31NO2/c1-5-6-7-8-9-17-15(18)19-14-10-13(2)11-16(3,4)12-14/h13-14H,5-12H2,1-4H3,(H,17,18). The van der Waals surface area contributed by atoms with Crippen molar-refractivity contribution >= 4 is 6.09 Å². The van der Waals surface area contributed by atoms with Gasteiger partial charge >= 0.3 is 6.09 Å². The molecule has 0 aliphatic heterocycles. The number of amides is 1. The summed E-state index contributed by atoms with van der Waals surface area (Å²) in [5, 5.41) is 2.87. The number of nitrogens with one attached hydrogen (secondary N) is 1. The lowest BCUT2D eigenvalue weighted by Gasteiger charge is -2.38. The predicted octanol–water partition coefficient (Wildman–Crippen LogP) is 4.51. The smallest absolute Gasteiger partial charge is 0.407 e. The number of carbonyl (C=O) groups is 1. The van der Waals surface area contributed by atoms with Crippen LogP contribution in [0.25, 0.3) is 0 Å². The highest BCUT2D eigenvalue weighted by Crippen LogP contribution is 2.39. The van der Waals surface area contributed by atoms with Gasteiger partial charge < -0.3 is 10.1 Å². The molecule has 0 spiro atoms. The molecule has 2 atom stereocenters. The van der Waals surface area contributed by atoms with Gasteiger partial charge in [-0.1, -0.05) is 47.0 Å². The Balaban J connectivity index is 2.20. The van der Waals surface area contributed by atoms with E-state index in [9.17, 15) is 4.79 Å². The van der Waals surface area contributed by atoms with Crippen molar-refractivity contribution in [1.82, 2.24) is 5.32 Å². The highest BCUT2D eigenvalue weighted by atomic mass is 16.6. The van der Waals surface area contributed by atoms with Gasteiger partial charge in [0.25, 0.3) is 0 Å². The monoisotopic (exact) mass is 269 g/mol. The second-order valence-corrected chi connectivity index (χ2v) is 6.93. The van der Waals surface area contributed by atoms with E-state index in [1.54, 1.807) is 0 Å². The van der Waals surface area contributed by atoms with Crippen LogP contribution in [-0.4, -0.2) is 18.7 Å². The van der Waals surface area contributed by atoms with Crippen LogP contribution in [0.15, 0.2) is 0 Å². The molecule has 112 valence electrons. The number of rotatable bonds is 6. The van der Waals surface area contributed by atoms with Gasteiger partial charge in [0.05, 0.1) is 0 Å². The predicted molar refractivity (Wildman–Crippen MR) is 79.2 cm³/mol. The fraction of sp³-hybridized carbons (Fsp3) is 0.938. The summed E-state index contributed by atoms with van der Waals surface area (Å²) < 4.78 is 5.55. The molecule has 3 heteroatoms. The summed E-state index contributed by atoms with van der Waals surface area (Å²) in [5.74, 6) is 0.645. The minimum atomic E-state index is -0.230. The fourth-order valence-corrected chi connectivity index (χ4v) is 3.28. The second-order valence-electron chi connectivity index (χ2n) is 6.93. The minimum Gasteiger partial charge on any atom is -0.446 e. The second kappa shape index (κ2) is 7.76. The van der Waals surface area contributed by atoms with Crippen LogP contribution in [0.2, 0.25) is 0 Å². The van der Waals surface area contributed by atoms with E-state index in [2.05, 4.69) is 33.0 Å². The van der Waals surface area contributed by atoms with Crippen molar-refractivity contribution in [2.45, 2.75) is 78.7 Å². The maximum absolute atomic E-state index is 11.7. The molecule has 0 radical (unpaired) electrons. The lowest BCUT2D eigenvalue weighted by molar-refractivity contribution is 0.0188. The van der Waals surface area contributed by atoms with Gasteiger partial charge in [0.15, 0.2) is 0 Å². The van der Waals surface area contributed by atoms with Gasteiger partial charge in [-0.25, -0.2) is 4.79 Å². The van der Waals surface area contributed by atoms with E-state index in [1.807, 2.05) is 0 Å². The molecule has 2 unspecified atom stereocenters. The van der Waals surface area contributed by atoms with Crippen LogP contribution in [0.3, 0.4) is 0 Å². The minimum absolute atomic E-state index is 0.0920. The summed E-state index contributed by atoms with van der Waals surface area (Å²) in [4.78, 5) is 11.7. The summed E-state index contributed by atoms with van der Waals surface area (Å²) >= 11 is 0. The van der Waals surface area contributed by atoms with Crippen molar-refractivity contribution in [2.24, 2.45) is 11.3 Å². The molecular formula is C16H31NO2. The quantitative estimate of drug-likeness (QED) is 0.721. The Morgan fingerprint density at radius 1 is 1.26 bits per heavy atom. The Hall–Kier alpha value is -0.730. The van der Waals surface area contributed by atoms with Crippen molar-refractivity contribution in [2.75, 3.05) is 6.54 Å². The van der Waals surface area contributed by atoms with Gasteiger partial charge in [-0.3, -0.25) is 0 Å². The molecule has 1 rings (SSSR count). The molecule has 1 aliphatic carbocycles. The van der Waals surface area contributed by atoms with Crippen LogP contribution >= 0.6 is 0 Å². The molecule has 1 aliphatic rings. The SMILES string of the molecule is CCCCCCNC(=O)OC1CC(C)CC(C)(C)C1. The molecule has 0 saturated heterocycles. The van der Waals surface area contributed by atoms with Crippen molar-refractivity contribution in [1.29, 1.82) is 0 Å². The Kier molecular flexibility index (Phi) is 6.67. The molecule has 1 fully saturated rings. The van der Waals surface area contributed by atoms with E-state index in [0.29, 0.717) is 11.3 Å². The van der Waals surface area contributed by atoms with Gasteiger partial charge in [0.1, 0.15) is 6.10 Å². The molecule has 19 heavy (non-hydrogen) atoms. The van der Waals surface area contributed by atoms with E-state index in [0.717, 1.165) is 25.8 Å². The van der Waals surface area contributed by atoms with Crippen LogP contribution in [0, 0.1) is 11.3 Å². The van der Waals surface area contributed by atoms with E-state index >= 15 is 0 Å². The van der Waals surface area contributed by atoms with Gasteiger partial charge in [0.2, 0.25) is 0 Å². The Morgan fingerprint density at radius 3 is 2.63 bits per heavy atom. The number of unbranched alkanes of at least 4 members (excludes halogenated alkanes) is 3. The Bertz CT molecular complexity index is 276. The first kappa shape index (κ1) is 16.3. The van der Waals surface area contributed by atoms with Gasteiger partial charge in [0, 0.05) is 6.54 Å². The highest BCUT2D eigenvalue weighted by Gasteiger charge is 2.33. The van der Waals surface area contributed by atoms with Crippen LogP contribution < -0.4 is 5.32 Å². The number of ether oxygens (including phenoxy) is 1. The third kappa shape index (κ3) is 6.84. The molecule has 0 aromatic heterocycles. The normalized spacial score (nSPS) is 25.9. The molecule has 3 nitrogen and oxygen atoms in total. The fourth-order valence-electron chi connectivity index (χ4n) is 3.28. The average molecular weight is 269 g/mol. The topological polar surface area (TPSA) is 38.3 Å². The average Bonchev–Trinajstić information content (AvgIpc) is 2.25. The molecule has 1 N–H and O–H groups in total. The van der Waals surface area contributed by atoms with E-state index in [1.165, 1.54) is 25.7 Å². The summed E-state index contributed by atoms with van der Waals surface area (Å²) in [5.41, 5.74) is 0.295. The molecule has 1 amide bonds. The summed E-state index contributed by atoms with van der Waals surface area (Å²) in [6.45, 7) is 9.71. The molecular weight excluding hydrogens is 238 g/mol. The van der Waals surface area contributed by atoms with E-state index in [-0.39, 0.29) is 12.2 Å². The van der Waals surface area contributed by atoms with E-state index in [4.69, 9.17) is 4.74 Å². The van der Waals surface area contributed by atoms with Crippen molar-refractivity contribution < 1.29 is 9.53 Å². The van der Waals surface area contributed by atoms with Gasteiger partial charge in [-0.2, -0.15) is 0 Å². The van der Waals surface area contributed by atoms with Crippen molar-refractivity contribution in [3.8, 4) is 0 Å². The van der Waals surface area contributed by atoms with Crippen LogP contribution in [0.1, 0.15) is 72.6 Å². The van der Waals surface area contributed by atoms with Gasteiger partial charge in [-0.15, -0.1) is 0 Å². The zero-order valence-corrected chi connectivity index (χ0v) is 13.1. The highest BCUT2D eigenvalue weighted by molar-refractivity contribution is 5.67. The van der Waals surface area contributed by atoms with Crippen LogP contribution in [0.5, 0.6) is 0 Å². The summed E-state index contributed by atoms with van der Waals surface area (Å²) in [6, 6.07) is 0. The number of hydrogen-bond donors (Lipinski definition) is 1. The maximum Gasteiger partial charge on any atom is 0.407 e. The maximum atomic E-state index is 11.7. The van der Waals surface area contributed by atoms with Crippen LogP contribution in [0.4, 0.5) is 4.79 Å². The number of hydrogen-bond acceptors (Lipinski definition) is 2.